The number of rotatable bonds is 3. The summed E-state index contributed by atoms with van der Waals surface area (Å²) in [5.41, 5.74) is 0.573. The maximum atomic E-state index is 10.9. The smallest absolute Gasteiger partial charge is 0.269 e. The molecular formula is C10H10N2O5S. The first-order valence-electron chi connectivity index (χ1n) is 5.18. The summed E-state index contributed by atoms with van der Waals surface area (Å²) in [5, 5.41) is 30.5. The van der Waals surface area contributed by atoms with Crippen molar-refractivity contribution in [3.05, 3.63) is 50.1 Å². The lowest BCUT2D eigenvalue weighted by molar-refractivity contribution is -0.531. The van der Waals surface area contributed by atoms with Gasteiger partial charge in [0.2, 0.25) is 0 Å². The maximum absolute atomic E-state index is 10.9. The molecule has 96 valence electrons. The molecule has 1 saturated heterocycles. The molecule has 0 amide bonds. The van der Waals surface area contributed by atoms with E-state index >= 15 is 0 Å². The van der Waals surface area contributed by atoms with E-state index < -0.39 is 27.2 Å². The van der Waals surface area contributed by atoms with Crippen molar-refractivity contribution in [2.45, 2.75) is 17.4 Å². The number of thioether (sulfide) groups is 1. The van der Waals surface area contributed by atoms with E-state index in [2.05, 4.69) is 0 Å². The molecule has 3 atom stereocenters. The summed E-state index contributed by atoms with van der Waals surface area (Å²) < 4.78 is 0. The van der Waals surface area contributed by atoms with E-state index in [-0.39, 0.29) is 5.69 Å². The molecule has 0 unspecified atom stereocenters. The van der Waals surface area contributed by atoms with Gasteiger partial charge in [0.25, 0.3) is 11.7 Å². The number of benzene rings is 1. The topological polar surface area (TPSA) is 107 Å². The summed E-state index contributed by atoms with van der Waals surface area (Å²) in [6, 6.07) is 4.58. The Hall–Kier alpha value is -1.67. The highest BCUT2D eigenvalue weighted by molar-refractivity contribution is 7.99. The zero-order chi connectivity index (χ0) is 13.3. The number of hydrogen-bond donors (Lipinski definition) is 1. The fourth-order valence-corrected chi connectivity index (χ4v) is 3.36. The normalized spacial score (nSPS) is 27.1. The second kappa shape index (κ2) is 4.91. The quantitative estimate of drug-likeness (QED) is 0.657. The average Bonchev–Trinajstić information content (AvgIpc) is 2.71. The monoisotopic (exact) mass is 270 g/mol. The first-order chi connectivity index (χ1) is 8.50. The number of aliphatic hydroxyl groups is 1. The van der Waals surface area contributed by atoms with Crippen LogP contribution in [0, 0.1) is 20.2 Å². The molecule has 7 nitrogen and oxygen atoms in total. The highest BCUT2D eigenvalue weighted by atomic mass is 32.2. The first-order valence-corrected chi connectivity index (χ1v) is 6.23. The van der Waals surface area contributed by atoms with Crippen LogP contribution in [-0.2, 0) is 0 Å². The van der Waals surface area contributed by atoms with Crippen molar-refractivity contribution in [1.29, 1.82) is 0 Å². The zero-order valence-electron chi connectivity index (χ0n) is 9.13. The predicted molar refractivity (Wildman–Crippen MR) is 65.1 cm³/mol. The van der Waals surface area contributed by atoms with Gasteiger partial charge < -0.3 is 5.11 Å². The summed E-state index contributed by atoms with van der Waals surface area (Å²) in [6.45, 7) is 0. The van der Waals surface area contributed by atoms with Gasteiger partial charge in [-0.25, -0.2) is 0 Å². The molecule has 2 rings (SSSR count). The summed E-state index contributed by atoms with van der Waals surface area (Å²) in [4.78, 5) is 20.4. The second-order valence-electron chi connectivity index (χ2n) is 3.95. The van der Waals surface area contributed by atoms with Gasteiger partial charge in [-0.2, -0.15) is 0 Å². The van der Waals surface area contributed by atoms with Crippen LogP contribution in [-0.4, -0.2) is 32.9 Å². The number of non-ortho nitro benzene ring substituents is 1. The van der Waals surface area contributed by atoms with E-state index in [1.165, 1.54) is 36.0 Å². The SMILES string of the molecule is O=[N+]([O-])c1ccc([C@@H]2SC[C@@H](O)[C@H]2[N+](=O)[O-])cc1. The Kier molecular flexibility index (Phi) is 3.48. The average molecular weight is 270 g/mol. The highest BCUT2D eigenvalue weighted by Gasteiger charge is 2.45. The molecular weight excluding hydrogens is 260 g/mol. The lowest BCUT2D eigenvalue weighted by Crippen LogP contribution is -2.33. The van der Waals surface area contributed by atoms with Crippen molar-refractivity contribution < 1.29 is 15.0 Å². The van der Waals surface area contributed by atoms with Crippen molar-refractivity contribution in [1.82, 2.24) is 0 Å². The summed E-state index contributed by atoms with van der Waals surface area (Å²) in [6.07, 6.45) is -0.981. The largest absolute Gasteiger partial charge is 0.385 e. The van der Waals surface area contributed by atoms with Crippen LogP contribution in [0.2, 0.25) is 0 Å². The molecule has 0 spiro atoms. The van der Waals surface area contributed by atoms with Crippen LogP contribution in [0.4, 0.5) is 5.69 Å². The van der Waals surface area contributed by atoms with Gasteiger partial charge in [0.05, 0.1) is 10.2 Å². The minimum atomic E-state index is -1.06. The van der Waals surface area contributed by atoms with E-state index in [1.54, 1.807) is 0 Å². The lowest BCUT2D eigenvalue weighted by Gasteiger charge is -2.13. The van der Waals surface area contributed by atoms with Gasteiger partial charge in [0.1, 0.15) is 6.10 Å². The number of nitrogens with zero attached hydrogens (tertiary/aromatic N) is 2. The van der Waals surface area contributed by atoms with E-state index in [1.807, 2.05) is 0 Å². The van der Waals surface area contributed by atoms with Crippen molar-refractivity contribution in [3.8, 4) is 0 Å². The van der Waals surface area contributed by atoms with Gasteiger partial charge in [0, 0.05) is 22.8 Å². The molecule has 0 bridgehead atoms. The van der Waals surface area contributed by atoms with Crippen LogP contribution in [0.1, 0.15) is 10.8 Å². The molecule has 18 heavy (non-hydrogen) atoms. The summed E-state index contributed by atoms with van der Waals surface area (Å²) in [5.74, 6) is 0.299. The van der Waals surface area contributed by atoms with Gasteiger partial charge in [-0.05, 0) is 5.56 Å². The third-order valence-electron chi connectivity index (χ3n) is 2.83. The Morgan fingerprint density at radius 3 is 2.33 bits per heavy atom. The molecule has 1 aromatic rings. The van der Waals surface area contributed by atoms with Crippen molar-refractivity contribution in [2.75, 3.05) is 5.75 Å². The van der Waals surface area contributed by atoms with Crippen LogP contribution in [0.25, 0.3) is 0 Å². The second-order valence-corrected chi connectivity index (χ2v) is 5.12. The number of aliphatic hydroxyl groups excluding tert-OH is 1. The highest BCUT2D eigenvalue weighted by Crippen LogP contribution is 2.42. The zero-order valence-corrected chi connectivity index (χ0v) is 9.95. The van der Waals surface area contributed by atoms with E-state index in [0.29, 0.717) is 11.3 Å². The fourth-order valence-electron chi connectivity index (χ4n) is 1.93. The maximum Gasteiger partial charge on any atom is 0.269 e. The van der Waals surface area contributed by atoms with Crippen molar-refractivity contribution in [2.24, 2.45) is 0 Å². The standard InChI is InChI=1S/C10H10N2O5S/c13-8-5-18-10(9(8)12(16)17)6-1-3-7(4-2-6)11(14)15/h1-4,8-10,13H,5H2/t8-,9-,10+/m1/s1. The third-order valence-corrected chi connectivity index (χ3v) is 4.27. The fraction of sp³-hybridized carbons (Fsp3) is 0.400. The van der Waals surface area contributed by atoms with Gasteiger partial charge in [-0.1, -0.05) is 12.1 Å². The van der Waals surface area contributed by atoms with Crippen molar-refractivity contribution >= 4 is 17.4 Å². The first kappa shape index (κ1) is 12.8. The minimum absolute atomic E-state index is 0.0556. The summed E-state index contributed by atoms with van der Waals surface area (Å²) >= 11 is 1.29. The molecule has 0 aliphatic carbocycles. The molecule has 1 N–H and O–H groups in total. The van der Waals surface area contributed by atoms with Gasteiger partial charge in [-0.15, -0.1) is 11.8 Å². The van der Waals surface area contributed by atoms with E-state index in [4.69, 9.17) is 0 Å². The Bertz CT molecular complexity index is 478. The molecule has 1 heterocycles. The summed E-state index contributed by atoms with van der Waals surface area (Å²) in [7, 11) is 0. The number of hydrogen-bond acceptors (Lipinski definition) is 6. The van der Waals surface area contributed by atoms with E-state index in [9.17, 15) is 25.3 Å². The Morgan fingerprint density at radius 1 is 1.22 bits per heavy atom. The lowest BCUT2D eigenvalue weighted by atomic mass is 10.0. The van der Waals surface area contributed by atoms with Crippen molar-refractivity contribution in [3.63, 3.8) is 0 Å². The molecule has 1 aromatic carbocycles. The third kappa shape index (κ3) is 2.29. The molecule has 1 aliphatic rings. The number of nitro groups is 2. The number of nitro benzene ring substituents is 1. The van der Waals surface area contributed by atoms with Crippen LogP contribution in [0.5, 0.6) is 0 Å². The minimum Gasteiger partial charge on any atom is -0.385 e. The predicted octanol–water partition coefficient (Wildman–Crippen LogP) is 1.39. The van der Waals surface area contributed by atoms with Gasteiger partial charge >= 0.3 is 0 Å². The Balaban J connectivity index is 2.25. The van der Waals surface area contributed by atoms with E-state index in [0.717, 1.165) is 0 Å². The Labute approximate surface area is 106 Å². The van der Waals surface area contributed by atoms with Crippen LogP contribution < -0.4 is 0 Å². The Morgan fingerprint density at radius 2 is 1.83 bits per heavy atom. The van der Waals surface area contributed by atoms with Gasteiger partial charge in [0.15, 0.2) is 0 Å². The molecule has 1 aliphatic heterocycles. The van der Waals surface area contributed by atoms with Gasteiger partial charge in [-0.3, -0.25) is 20.2 Å². The van der Waals surface area contributed by atoms with Crippen LogP contribution in [0.3, 0.4) is 0 Å². The molecule has 0 radical (unpaired) electrons. The molecule has 0 saturated carbocycles. The molecule has 8 heteroatoms. The van der Waals surface area contributed by atoms with Crippen LogP contribution >= 0.6 is 11.8 Å². The molecule has 0 aromatic heterocycles. The van der Waals surface area contributed by atoms with Crippen LogP contribution in [0.15, 0.2) is 24.3 Å². The molecule has 1 fully saturated rings.